The van der Waals surface area contributed by atoms with E-state index in [4.69, 9.17) is 14.2 Å². The second-order valence-electron chi connectivity index (χ2n) is 12.1. The maximum Gasteiger partial charge on any atom is 0.408 e. The number of amides is 2. The van der Waals surface area contributed by atoms with Crippen LogP contribution in [0.25, 0.3) is 0 Å². The molecule has 1 heterocycles. The molecule has 1 saturated heterocycles. The number of ketones is 1. The number of carbonyl (C=O) groups excluding carboxylic acids is 4. The molecule has 0 saturated carbocycles. The number of nitrogens with one attached hydrogen (secondary N) is 3. The first-order valence-corrected chi connectivity index (χ1v) is 16.3. The predicted octanol–water partition coefficient (Wildman–Crippen LogP) is 4.81. The predicted molar refractivity (Wildman–Crippen MR) is 182 cm³/mol. The van der Waals surface area contributed by atoms with Crippen LogP contribution in [0.4, 0.5) is 4.79 Å². The van der Waals surface area contributed by atoms with Gasteiger partial charge in [0, 0.05) is 5.70 Å². The van der Waals surface area contributed by atoms with Crippen LogP contribution in [0.3, 0.4) is 0 Å². The molecule has 1 aliphatic rings. The van der Waals surface area contributed by atoms with Crippen LogP contribution in [0.15, 0.2) is 103 Å². The summed E-state index contributed by atoms with van der Waals surface area (Å²) >= 11 is 0. The van der Waals surface area contributed by atoms with Crippen molar-refractivity contribution in [3.05, 3.63) is 120 Å². The first-order valence-electron chi connectivity index (χ1n) is 16.3. The van der Waals surface area contributed by atoms with Crippen LogP contribution in [0.1, 0.15) is 49.8 Å². The van der Waals surface area contributed by atoms with Crippen molar-refractivity contribution in [1.82, 2.24) is 16.0 Å². The van der Waals surface area contributed by atoms with E-state index in [1.807, 2.05) is 85.8 Å². The van der Waals surface area contributed by atoms with Gasteiger partial charge in [0.15, 0.2) is 5.78 Å². The smallest absolute Gasteiger partial charge is 0.408 e. The van der Waals surface area contributed by atoms with Gasteiger partial charge in [0.1, 0.15) is 18.2 Å². The summed E-state index contributed by atoms with van der Waals surface area (Å²) in [4.78, 5) is 53.0. The van der Waals surface area contributed by atoms with Crippen molar-refractivity contribution < 1.29 is 33.4 Å². The Morgan fingerprint density at radius 3 is 1.85 bits per heavy atom. The normalized spacial score (nSPS) is 16.8. The third-order valence-corrected chi connectivity index (χ3v) is 8.03. The molecule has 0 aliphatic carbocycles. The molecule has 254 valence electrons. The molecule has 1 aliphatic heterocycles. The highest BCUT2D eigenvalue weighted by Gasteiger charge is 2.50. The molecule has 2 amide bonds. The van der Waals surface area contributed by atoms with Gasteiger partial charge in [0.25, 0.3) is 0 Å². The minimum Gasteiger partial charge on any atom is -0.466 e. The topological polar surface area (TPSA) is 135 Å². The molecular formula is C38H45N3O7. The summed E-state index contributed by atoms with van der Waals surface area (Å²) < 4.78 is 16.1. The summed E-state index contributed by atoms with van der Waals surface area (Å²) in [5.41, 5.74) is 2.12. The molecule has 0 aromatic heterocycles. The lowest BCUT2D eigenvalue weighted by molar-refractivity contribution is -0.146. The molecule has 0 radical (unpaired) electrons. The molecule has 3 aromatic carbocycles. The highest BCUT2D eigenvalue weighted by atomic mass is 16.6. The number of rotatable bonds is 19. The Kier molecular flexibility index (Phi) is 13.3. The number of esters is 1. The van der Waals surface area contributed by atoms with Crippen LogP contribution < -0.4 is 16.0 Å². The van der Waals surface area contributed by atoms with Gasteiger partial charge in [-0.25, -0.2) is 4.79 Å². The molecular weight excluding hydrogens is 610 g/mol. The van der Waals surface area contributed by atoms with Crippen molar-refractivity contribution in [3.8, 4) is 0 Å². The zero-order valence-electron chi connectivity index (χ0n) is 27.6. The van der Waals surface area contributed by atoms with Crippen LogP contribution in [0.5, 0.6) is 0 Å². The van der Waals surface area contributed by atoms with Crippen LogP contribution in [-0.4, -0.2) is 60.7 Å². The van der Waals surface area contributed by atoms with E-state index in [-0.39, 0.29) is 19.0 Å². The van der Waals surface area contributed by atoms with Gasteiger partial charge in [-0.15, -0.1) is 0 Å². The third-order valence-electron chi connectivity index (χ3n) is 8.03. The lowest BCUT2D eigenvalue weighted by Crippen LogP contribution is -2.54. The fourth-order valence-corrected chi connectivity index (χ4v) is 5.06. The summed E-state index contributed by atoms with van der Waals surface area (Å²) in [6.45, 7) is 8.49. The minimum absolute atomic E-state index is 0.0151. The highest BCUT2D eigenvalue weighted by Crippen LogP contribution is 2.29. The number of benzene rings is 3. The number of carbonyl (C=O) groups is 4. The molecule has 0 bridgehead atoms. The SMILES string of the molecule is C=C(N[C@@H](Cc1ccccc1)C(=O)[C@@]1(C)CO1)[C@H](Cc1ccccc1)NC(=O)[C@H](CC(=O)OCCCC)NC(=O)OCc1ccccc1. The molecule has 48 heavy (non-hydrogen) atoms. The third kappa shape index (κ3) is 11.4. The second-order valence-corrected chi connectivity index (χ2v) is 12.1. The standard InChI is InChI=1S/C38H45N3O7/c1-4-5-21-46-34(42)24-33(41-37(45)47-25-30-19-13-8-14-20-30)36(44)40-31(22-28-15-9-6-10-16-28)27(2)39-32(35(43)38(3)26-48-38)23-29-17-11-7-12-18-29/h6-20,31-33,39H,2,4-5,21-26H2,1,3H3,(H,40,44)(H,41,45)/t31-,32-,33-,38+/m0/s1. The Bertz CT molecular complexity index is 1510. The molecule has 10 nitrogen and oxygen atoms in total. The van der Waals surface area contributed by atoms with E-state index in [0.717, 1.165) is 23.1 Å². The average molecular weight is 656 g/mol. The van der Waals surface area contributed by atoms with Gasteiger partial charge >= 0.3 is 12.1 Å². The molecule has 0 spiro atoms. The molecule has 0 unspecified atom stereocenters. The van der Waals surface area contributed by atoms with Gasteiger partial charge in [-0.1, -0.05) is 111 Å². The maximum atomic E-state index is 13.9. The van der Waals surface area contributed by atoms with Crippen molar-refractivity contribution in [2.45, 2.75) is 76.3 Å². The second kappa shape index (κ2) is 17.8. The van der Waals surface area contributed by atoms with Crippen LogP contribution in [0.2, 0.25) is 0 Å². The zero-order valence-corrected chi connectivity index (χ0v) is 27.6. The molecule has 1 fully saturated rings. The maximum absolute atomic E-state index is 13.9. The van der Waals surface area contributed by atoms with Crippen molar-refractivity contribution in [3.63, 3.8) is 0 Å². The Morgan fingerprint density at radius 2 is 1.31 bits per heavy atom. The Labute approximate surface area is 282 Å². The fraction of sp³-hybridized carbons (Fsp3) is 0.368. The zero-order chi connectivity index (χ0) is 34.4. The Balaban J connectivity index is 1.52. The van der Waals surface area contributed by atoms with Crippen molar-refractivity contribution >= 4 is 23.8 Å². The van der Waals surface area contributed by atoms with E-state index in [0.29, 0.717) is 31.6 Å². The quantitative estimate of drug-likeness (QED) is 0.0952. The van der Waals surface area contributed by atoms with Crippen molar-refractivity contribution in [2.75, 3.05) is 13.2 Å². The number of hydrogen-bond acceptors (Lipinski definition) is 8. The molecule has 3 aromatic rings. The summed E-state index contributed by atoms with van der Waals surface area (Å²) in [6, 6.07) is 25.5. The minimum atomic E-state index is -1.30. The number of hydrogen-bond donors (Lipinski definition) is 3. The van der Waals surface area contributed by atoms with Gasteiger partial charge in [0.2, 0.25) is 5.91 Å². The molecule has 4 atom stereocenters. The number of alkyl carbamates (subject to hydrolysis) is 1. The fourth-order valence-electron chi connectivity index (χ4n) is 5.06. The van der Waals surface area contributed by atoms with Gasteiger partial charge < -0.3 is 30.2 Å². The molecule has 4 rings (SSSR count). The molecule has 3 N–H and O–H groups in total. The largest absolute Gasteiger partial charge is 0.466 e. The van der Waals surface area contributed by atoms with Gasteiger partial charge in [0.05, 0.1) is 31.7 Å². The van der Waals surface area contributed by atoms with E-state index < -0.39 is 48.1 Å². The summed E-state index contributed by atoms with van der Waals surface area (Å²) in [6.07, 6.45) is 0.945. The Morgan fingerprint density at radius 1 is 0.771 bits per heavy atom. The van der Waals surface area contributed by atoms with E-state index in [1.165, 1.54) is 0 Å². The lowest BCUT2D eigenvalue weighted by atomic mass is 9.93. The van der Waals surface area contributed by atoms with Crippen LogP contribution in [-0.2, 0) is 48.0 Å². The number of epoxide rings is 1. The first kappa shape index (κ1) is 35.9. The van der Waals surface area contributed by atoms with Crippen molar-refractivity contribution in [2.24, 2.45) is 0 Å². The summed E-state index contributed by atoms with van der Waals surface area (Å²) in [5.74, 6) is -1.38. The van der Waals surface area contributed by atoms with E-state index in [1.54, 1.807) is 19.1 Å². The van der Waals surface area contributed by atoms with E-state index in [9.17, 15) is 19.2 Å². The van der Waals surface area contributed by atoms with Crippen molar-refractivity contribution in [1.29, 1.82) is 0 Å². The summed E-state index contributed by atoms with van der Waals surface area (Å²) in [7, 11) is 0. The summed E-state index contributed by atoms with van der Waals surface area (Å²) in [5, 5.41) is 8.79. The van der Waals surface area contributed by atoms with Crippen LogP contribution in [0, 0.1) is 0 Å². The average Bonchev–Trinajstić information content (AvgIpc) is 3.85. The van der Waals surface area contributed by atoms with Gasteiger partial charge in [-0.2, -0.15) is 0 Å². The Hall–Kier alpha value is -4.96. The lowest BCUT2D eigenvalue weighted by Gasteiger charge is -2.29. The van der Waals surface area contributed by atoms with E-state index >= 15 is 0 Å². The first-order chi connectivity index (χ1) is 23.2. The number of Topliss-reactive ketones (excluding diaryl/α,β-unsaturated/α-hetero) is 1. The molecule has 10 heteroatoms. The highest BCUT2D eigenvalue weighted by molar-refractivity contribution is 5.94. The van der Waals surface area contributed by atoms with E-state index in [2.05, 4.69) is 22.5 Å². The number of ether oxygens (including phenoxy) is 3. The monoisotopic (exact) mass is 655 g/mol. The van der Waals surface area contributed by atoms with Crippen LogP contribution >= 0.6 is 0 Å². The van der Waals surface area contributed by atoms with Gasteiger partial charge in [-0.3, -0.25) is 14.4 Å². The van der Waals surface area contributed by atoms with Gasteiger partial charge in [-0.05, 0) is 42.9 Å². The number of unbranched alkanes of at least 4 members (excludes halogenated alkanes) is 1.